The van der Waals surface area contributed by atoms with Gasteiger partial charge < -0.3 is 15.5 Å². The lowest BCUT2D eigenvalue weighted by Crippen LogP contribution is -2.59. The summed E-state index contributed by atoms with van der Waals surface area (Å²) < 4.78 is 0. The van der Waals surface area contributed by atoms with Crippen LogP contribution >= 0.6 is 0 Å². The monoisotopic (exact) mass is 271 g/mol. The Bertz CT molecular complexity index is 370. The van der Waals surface area contributed by atoms with Crippen LogP contribution in [-0.4, -0.2) is 33.2 Å². The molecule has 0 bridgehead atoms. The molecule has 19 heavy (non-hydrogen) atoms. The number of hydrogen-bond donors (Lipinski definition) is 3. The molecule has 0 aromatic carbocycles. The molecule has 3 unspecified atom stereocenters. The zero-order valence-electron chi connectivity index (χ0n) is 12.4. The van der Waals surface area contributed by atoms with Crippen LogP contribution in [0.3, 0.4) is 0 Å². The quantitative estimate of drug-likeness (QED) is 0.721. The molecule has 110 valence electrons. The van der Waals surface area contributed by atoms with Gasteiger partial charge in [-0.25, -0.2) is 0 Å². The first-order valence-electron chi connectivity index (χ1n) is 6.73. The van der Waals surface area contributed by atoms with Crippen molar-refractivity contribution in [1.82, 2.24) is 5.32 Å². The minimum Gasteiger partial charge on any atom is -0.481 e. The summed E-state index contributed by atoms with van der Waals surface area (Å²) in [4.78, 5) is 23.5. The van der Waals surface area contributed by atoms with Crippen LogP contribution in [0.1, 0.15) is 47.5 Å². The molecule has 1 aliphatic rings. The highest BCUT2D eigenvalue weighted by Crippen LogP contribution is 2.37. The first kappa shape index (κ1) is 16.0. The maximum absolute atomic E-state index is 12.3. The maximum atomic E-state index is 12.3. The van der Waals surface area contributed by atoms with Crippen molar-refractivity contribution in [2.45, 2.75) is 58.6 Å². The van der Waals surface area contributed by atoms with Gasteiger partial charge in [0, 0.05) is 0 Å². The Hall–Kier alpha value is -1.10. The molecule has 1 fully saturated rings. The van der Waals surface area contributed by atoms with Crippen molar-refractivity contribution in [3.63, 3.8) is 0 Å². The van der Waals surface area contributed by atoms with Gasteiger partial charge in [0.15, 0.2) is 0 Å². The lowest BCUT2D eigenvalue weighted by atomic mass is 9.84. The van der Waals surface area contributed by atoms with Crippen molar-refractivity contribution in [3.05, 3.63) is 0 Å². The molecule has 1 amide bonds. The number of aliphatic hydroxyl groups is 1. The second-order valence-electron chi connectivity index (χ2n) is 6.80. The number of nitrogens with one attached hydrogen (secondary N) is 1. The molecular formula is C14H25NO4. The summed E-state index contributed by atoms with van der Waals surface area (Å²) in [5, 5.41) is 22.0. The molecular weight excluding hydrogens is 246 g/mol. The van der Waals surface area contributed by atoms with E-state index in [-0.39, 0.29) is 11.8 Å². The molecule has 0 saturated heterocycles. The standard InChI is InChI=1S/C14H25NO4/c1-8-6-9(10(7-8)12(17)18)11(16)15-13(2,3)14(4,5)19/h8-10,19H,6-7H2,1-5H3,(H,15,16)(H,17,18). The van der Waals surface area contributed by atoms with E-state index in [4.69, 9.17) is 0 Å². The summed E-state index contributed by atoms with van der Waals surface area (Å²) in [5.74, 6) is -2.07. The summed E-state index contributed by atoms with van der Waals surface area (Å²) in [7, 11) is 0. The van der Waals surface area contributed by atoms with Crippen molar-refractivity contribution >= 4 is 11.9 Å². The van der Waals surface area contributed by atoms with Gasteiger partial charge in [0.2, 0.25) is 5.91 Å². The number of hydrogen-bond acceptors (Lipinski definition) is 3. The molecule has 0 aliphatic heterocycles. The summed E-state index contributed by atoms with van der Waals surface area (Å²) >= 11 is 0. The number of rotatable bonds is 4. The average molecular weight is 271 g/mol. The van der Waals surface area contributed by atoms with E-state index in [9.17, 15) is 19.8 Å². The minimum atomic E-state index is -1.08. The molecule has 5 heteroatoms. The predicted molar refractivity (Wildman–Crippen MR) is 71.5 cm³/mol. The Morgan fingerprint density at radius 2 is 1.58 bits per heavy atom. The van der Waals surface area contributed by atoms with Crippen LogP contribution in [0.15, 0.2) is 0 Å². The van der Waals surface area contributed by atoms with Gasteiger partial charge >= 0.3 is 5.97 Å². The fraction of sp³-hybridized carbons (Fsp3) is 0.857. The van der Waals surface area contributed by atoms with E-state index >= 15 is 0 Å². The molecule has 0 heterocycles. The predicted octanol–water partition coefficient (Wildman–Crippen LogP) is 1.40. The Morgan fingerprint density at radius 1 is 1.11 bits per heavy atom. The highest BCUT2D eigenvalue weighted by molar-refractivity contribution is 5.85. The molecule has 5 nitrogen and oxygen atoms in total. The number of carboxylic acid groups (broad SMARTS) is 1. The summed E-state index contributed by atoms with van der Waals surface area (Å²) in [6.45, 7) is 8.68. The van der Waals surface area contributed by atoms with E-state index in [1.807, 2.05) is 6.92 Å². The van der Waals surface area contributed by atoms with Crippen LogP contribution in [-0.2, 0) is 9.59 Å². The largest absolute Gasteiger partial charge is 0.481 e. The van der Waals surface area contributed by atoms with Crippen molar-refractivity contribution in [3.8, 4) is 0 Å². The Morgan fingerprint density at radius 3 is 2.00 bits per heavy atom. The first-order chi connectivity index (χ1) is 8.45. The Kier molecular flexibility index (Phi) is 4.30. The topological polar surface area (TPSA) is 86.6 Å². The summed E-state index contributed by atoms with van der Waals surface area (Å²) in [5.41, 5.74) is -1.88. The molecule has 3 N–H and O–H groups in total. The van der Waals surface area contributed by atoms with Gasteiger partial charge in [0.1, 0.15) is 0 Å². The van der Waals surface area contributed by atoms with Crippen LogP contribution < -0.4 is 5.32 Å². The van der Waals surface area contributed by atoms with E-state index in [1.54, 1.807) is 27.7 Å². The van der Waals surface area contributed by atoms with Crippen molar-refractivity contribution in [2.75, 3.05) is 0 Å². The second kappa shape index (κ2) is 5.12. The number of carboxylic acids is 1. The minimum absolute atomic E-state index is 0.238. The highest BCUT2D eigenvalue weighted by Gasteiger charge is 2.44. The van der Waals surface area contributed by atoms with Gasteiger partial charge in [0.25, 0.3) is 0 Å². The van der Waals surface area contributed by atoms with Crippen LogP contribution in [0.25, 0.3) is 0 Å². The second-order valence-corrected chi connectivity index (χ2v) is 6.80. The third kappa shape index (κ3) is 3.47. The summed E-state index contributed by atoms with van der Waals surface area (Å²) in [6, 6.07) is 0. The lowest BCUT2D eigenvalue weighted by molar-refractivity contribution is -0.147. The molecule has 1 aliphatic carbocycles. The average Bonchev–Trinajstić information content (AvgIpc) is 2.58. The number of aliphatic carboxylic acids is 1. The first-order valence-corrected chi connectivity index (χ1v) is 6.73. The van der Waals surface area contributed by atoms with E-state index in [2.05, 4.69) is 5.32 Å². The fourth-order valence-corrected chi connectivity index (χ4v) is 2.41. The van der Waals surface area contributed by atoms with Crippen LogP contribution in [0.4, 0.5) is 0 Å². The number of carbonyl (C=O) groups excluding carboxylic acids is 1. The van der Waals surface area contributed by atoms with Crippen molar-refractivity contribution < 1.29 is 19.8 Å². The molecule has 0 aromatic heterocycles. The normalized spacial score (nSPS) is 28.2. The van der Waals surface area contributed by atoms with E-state index in [0.717, 1.165) is 0 Å². The third-order valence-corrected chi connectivity index (χ3v) is 4.42. The van der Waals surface area contributed by atoms with Crippen LogP contribution in [0.5, 0.6) is 0 Å². The smallest absolute Gasteiger partial charge is 0.307 e. The molecule has 3 atom stereocenters. The zero-order chi connectivity index (χ0) is 15.0. The van der Waals surface area contributed by atoms with Gasteiger partial charge in [-0.2, -0.15) is 0 Å². The SMILES string of the molecule is CC1CC(C(=O)O)C(C(=O)NC(C)(C)C(C)(C)O)C1. The zero-order valence-corrected chi connectivity index (χ0v) is 12.4. The number of carbonyl (C=O) groups is 2. The van der Waals surface area contributed by atoms with Crippen LogP contribution in [0, 0.1) is 17.8 Å². The highest BCUT2D eigenvalue weighted by atomic mass is 16.4. The number of amides is 1. The van der Waals surface area contributed by atoms with Gasteiger partial charge in [-0.3, -0.25) is 9.59 Å². The van der Waals surface area contributed by atoms with Gasteiger partial charge in [-0.05, 0) is 46.5 Å². The molecule has 1 saturated carbocycles. The van der Waals surface area contributed by atoms with Crippen molar-refractivity contribution in [2.24, 2.45) is 17.8 Å². The fourth-order valence-electron chi connectivity index (χ4n) is 2.41. The van der Waals surface area contributed by atoms with Crippen LogP contribution in [0.2, 0.25) is 0 Å². The van der Waals surface area contributed by atoms with Gasteiger partial charge in [0.05, 0.1) is 23.0 Å². The van der Waals surface area contributed by atoms with E-state index in [1.165, 1.54) is 0 Å². The van der Waals surface area contributed by atoms with Crippen molar-refractivity contribution in [1.29, 1.82) is 0 Å². The molecule has 0 spiro atoms. The maximum Gasteiger partial charge on any atom is 0.307 e. The lowest BCUT2D eigenvalue weighted by Gasteiger charge is -2.39. The van der Waals surface area contributed by atoms with Gasteiger partial charge in [-0.1, -0.05) is 6.92 Å². The summed E-state index contributed by atoms with van der Waals surface area (Å²) in [6.07, 6.45) is 1.13. The molecule has 0 radical (unpaired) electrons. The van der Waals surface area contributed by atoms with E-state index < -0.39 is 28.9 Å². The Balaban J connectivity index is 2.81. The molecule has 1 rings (SSSR count). The Labute approximate surface area is 114 Å². The van der Waals surface area contributed by atoms with E-state index in [0.29, 0.717) is 12.8 Å². The molecule has 0 aromatic rings. The van der Waals surface area contributed by atoms with Gasteiger partial charge in [-0.15, -0.1) is 0 Å². The third-order valence-electron chi connectivity index (χ3n) is 4.42.